The van der Waals surface area contributed by atoms with E-state index in [4.69, 9.17) is 0 Å². The molecule has 0 unspecified atom stereocenters. The van der Waals surface area contributed by atoms with E-state index >= 15 is 0 Å². The number of hydrogen-bond donors (Lipinski definition) is 0. The molecule has 0 amide bonds. The molecule has 0 atom stereocenters. The lowest BCUT2D eigenvalue weighted by Gasteiger charge is -2.22. The fourth-order valence-corrected chi connectivity index (χ4v) is 3.96. The van der Waals surface area contributed by atoms with E-state index in [2.05, 4.69) is 50.4 Å². The van der Waals surface area contributed by atoms with Crippen LogP contribution >= 0.6 is 11.8 Å². The van der Waals surface area contributed by atoms with Gasteiger partial charge >= 0.3 is 0 Å². The molecule has 1 aromatic carbocycles. The molecule has 0 saturated carbocycles. The average Bonchev–Trinajstić information content (AvgIpc) is 2.56. The first kappa shape index (κ1) is 16.6. The van der Waals surface area contributed by atoms with Gasteiger partial charge in [-0.2, -0.15) is 11.8 Å². The number of thioether (sulfide) groups is 1. The first-order chi connectivity index (χ1) is 9.85. The van der Waals surface area contributed by atoms with Gasteiger partial charge in [0.05, 0.1) is 0 Å². The Morgan fingerprint density at radius 1 is 1.19 bits per heavy atom. The Hall–Kier alpha value is -0.800. The predicted molar refractivity (Wildman–Crippen MR) is 92.5 cm³/mol. The van der Waals surface area contributed by atoms with Crippen LogP contribution in [0.2, 0.25) is 0 Å². The van der Waals surface area contributed by atoms with Gasteiger partial charge in [-0.15, -0.1) is 0 Å². The first-order valence-electron chi connectivity index (χ1n) is 7.83. The molecule has 116 valence electrons. The zero-order valence-electron chi connectivity index (χ0n) is 13.7. The van der Waals surface area contributed by atoms with Crippen molar-refractivity contribution in [1.82, 2.24) is 4.90 Å². The molecule has 3 heteroatoms. The first-order valence-corrected chi connectivity index (χ1v) is 8.82. The molecule has 0 N–H and O–H groups in total. The number of rotatable bonds is 4. The summed E-state index contributed by atoms with van der Waals surface area (Å²) in [5, 5.41) is 0. The van der Waals surface area contributed by atoms with Crippen molar-refractivity contribution < 1.29 is 4.79 Å². The van der Waals surface area contributed by atoms with E-state index in [-0.39, 0.29) is 5.78 Å². The smallest absolute Gasteiger partial charge is 0.164 e. The van der Waals surface area contributed by atoms with Gasteiger partial charge in [-0.25, -0.2) is 0 Å². The molecule has 0 spiro atoms. The monoisotopic (exact) mass is 305 g/mol. The molecule has 0 aromatic heterocycles. The van der Waals surface area contributed by atoms with Crippen LogP contribution < -0.4 is 0 Å². The van der Waals surface area contributed by atoms with E-state index in [1.165, 1.54) is 23.3 Å². The van der Waals surface area contributed by atoms with Crippen molar-refractivity contribution in [2.45, 2.75) is 45.3 Å². The number of Topliss-reactive ketones (excluding diaryl/α,β-unsaturated/α-hetero) is 1. The van der Waals surface area contributed by atoms with Gasteiger partial charge < -0.3 is 4.90 Å². The highest BCUT2D eigenvalue weighted by Crippen LogP contribution is 2.30. The van der Waals surface area contributed by atoms with Crippen LogP contribution in [0.25, 0.3) is 0 Å². The Balaban J connectivity index is 1.89. The lowest BCUT2D eigenvalue weighted by molar-refractivity contribution is 0.0965. The van der Waals surface area contributed by atoms with E-state index in [9.17, 15) is 4.79 Å². The summed E-state index contributed by atoms with van der Waals surface area (Å²) in [4.78, 5) is 14.8. The lowest BCUT2D eigenvalue weighted by Crippen LogP contribution is -2.29. The van der Waals surface area contributed by atoms with Crippen molar-refractivity contribution in [3.8, 4) is 0 Å². The van der Waals surface area contributed by atoms with Gasteiger partial charge in [0.25, 0.3) is 0 Å². The molecule has 0 aliphatic carbocycles. The number of aryl methyl sites for hydroxylation is 2. The second-order valence-electron chi connectivity index (χ2n) is 6.75. The molecule has 2 rings (SSSR count). The Labute approximate surface area is 133 Å². The highest BCUT2D eigenvalue weighted by Gasteiger charge is 2.23. The summed E-state index contributed by atoms with van der Waals surface area (Å²) in [5.74, 6) is 1.45. The molecule has 1 aliphatic heterocycles. The maximum atomic E-state index is 12.4. The molecule has 1 aromatic rings. The summed E-state index contributed by atoms with van der Waals surface area (Å²) in [6, 6.07) is 6.14. The predicted octanol–water partition coefficient (Wildman–Crippen LogP) is 4.09. The van der Waals surface area contributed by atoms with Crippen LogP contribution in [0.5, 0.6) is 0 Å². The SMILES string of the molecule is Cc1cc(C)cc(C(=O)CCN2CCSC(C)(C)CC2)c1. The van der Waals surface area contributed by atoms with Crippen LogP contribution in [-0.4, -0.2) is 40.8 Å². The Morgan fingerprint density at radius 3 is 2.52 bits per heavy atom. The number of nitrogens with zero attached hydrogens (tertiary/aromatic N) is 1. The molecule has 0 bridgehead atoms. The van der Waals surface area contributed by atoms with Gasteiger partial charge in [0.2, 0.25) is 0 Å². The third kappa shape index (κ3) is 5.15. The molecular weight excluding hydrogens is 278 g/mol. The summed E-state index contributed by atoms with van der Waals surface area (Å²) in [6.07, 6.45) is 1.84. The van der Waals surface area contributed by atoms with Gasteiger partial charge in [0.15, 0.2) is 5.78 Å². The summed E-state index contributed by atoms with van der Waals surface area (Å²) in [5.41, 5.74) is 3.22. The summed E-state index contributed by atoms with van der Waals surface area (Å²) in [6.45, 7) is 11.9. The minimum atomic E-state index is 0.276. The highest BCUT2D eigenvalue weighted by molar-refractivity contribution is 8.00. The van der Waals surface area contributed by atoms with Crippen molar-refractivity contribution in [3.63, 3.8) is 0 Å². The number of carbonyl (C=O) groups excluding carboxylic acids is 1. The van der Waals surface area contributed by atoms with Crippen molar-refractivity contribution in [2.75, 3.05) is 25.4 Å². The second kappa shape index (κ2) is 6.97. The number of hydrogen-bond acceptors (Lipinski definition) is 3. The highest BCUT2D eigenvalue weighted by atomic mass is 32.2. The fourth-order valence-electron chi connectivity index (χ4n) is 2.83. The topological polar surface area (TPSA) is 20.3 Å². The van der Waals surface area contributed by atoms with Crippen LogP contribution in [0.15, 0.2) is 18.2 Å². The van der Waals surface area contributed by atoms with E-state index in [0.29, 0.717) is 11.2 Å². The molecule has 21 heavy (non-hydrogen) atoms. The third-order valence-electron chi connectivity index (χ3n) is 4.13. The van der Waals surface area contributed by atoms with E-state index in [1.54, 1.807) is 0 Å². The quantitative estimate of drug-likeness (QED) is 0.781. The van der Waals surface area contributed by atoms with Crippen LogP contribution in [0, 0.1) is 13.8 Å². The van der Waals surface area contributed by atoms with Gasteiger partial charge in [-0.05, 0) is 38.9 Å². The maximum absolute atomic E-state index is 12.4. The van der Waals surface area contributed by atoms with Crippen LogP contribution in [-0.2, 0) is 0 Å². The van der Waals surface area contributed by atoms with E-state index in [0.717, 1.165) is 25.2 Å². The molecule has 1 heterocycles. The van der Waals surface area contributed by atoms with Crippen molar-refractivity contribution in [2.24, 2.45) is 0 Å². The van der Waals surface area contributed by atoms with Gasteiger partial charge in [0, 0.05) is 35.6 Å². The average molecular weight is 305 g/mol. The standard InChI is InChI=1S/C18H27NOS/c1-14-11-15(2)13-16(12-14)17(20)5-7-19-8-6-18(3,4)21-10-9-19/h11-13H,5-10H2,1-4H3. The van der Waals surface area contributed by atoms with Crippen molar-refractivity contribution >= 4 is 17.5 Å². The molecule has 1 aliphatic rings. The molecule has 2 nitrogen and oxygen atoms in total. The molecule has 1 saturated heterocycles. The number of carbonyl (C=O) groups is 1. The van der Waals surface area contributed by atoms with Crippen LogP contribution in [0.1, 0.15) is 48.2 Å². The Kier molecular flexibility index (Phi) is 5.50. The fraction of sp³-hybridized carbons (Fsp3) is 0.611. The van der Waals surface area contributed by atoms with Crippen LogP contribution in [0.3, 0.4) is 0 Å². The van der Waals surface area contributed by atoms with Gasteiger partial charge in [0.1, 0.15) is 0 Å². The Morgan fingerprint density at radius 2 is 1.86 bits per heavy atom. The molecular formula is C18H27NOS. The largest absolute Gasteiger partial charge is 0.302 e. The zero-order valence-corrected chi connectivity index (χ0v) is 14.6. The number of benzene rings is 1. The van der Waals surface area contributed by atoms with E-state index in [1.807, 2.05) is 12.1 Å². The van der Waals surface area contributed by atoms with Crippen LogP contribution in [0.4, 0.5) is 0 Å². The third-order valence-corrected chi connectivity index (χ3v) is 5.50. The molecule has 1 fully saturated rings. The van der Waals surface area contributed by atoms with Gasteiger partial charge in [-0.1, -0.05) is 31.0 Å². The maximum Gasteiger partial charge on any atom is 0.164 e. The van der Waals surface area contributed by atoms with Crippen molar-refractivity contribution in [1.29, 1.82) is 0 Å². The van der Waals surface area contributed by atoms with Crippen molar-refractivity contribution in [3.05, 3.63) is 34.9 Å². The minimum Gasteiger partial charge on any atom is -0.302 e. The van der Waals surface area contributed by atoms with Gasteiger partial charge in [-0.3, -0.25) is 4.79 Å². The number of ketones is 1. The minimum absolute atomic E-state index is 0.276. The Bertz CT molecular complexity index is 490. The summed E-state index contributed by atoms with van der Waals surface area (Å²) in [7, 11) is 0. The molecule has 0 radical (unpaired) electrons. The zero-order chi connectivity index (χ0) is 15.5. The summed E-state index contributed by atoms with van der Waals surface area (Å²) >= 11 is 2.05. The van der Waals surface area contributed by atoms with E-state index < -0.39 is 0 Å². The second-order valence-corrected chi connectivity index (χ2v) is 8.55. The normalized spacial score (nSPS) is 19.2. The summed E-state index contributed by atoms with van der Waals surface area (Å²) < 4.78 is 0.381. The lowest BCUT2D eigenvalue weighted by atomic mass is 10.0.